The van der Waals surface area contributed by atoms with E-state index in [1.165, 1.54) is 12.1 Å². The van der Waals surface area contributed by atoms with Crippen LogP contribution in [-0.2, 0) is 0 Å². The second kappa shape index (κ2) is 4.90. The number of benzene rings is 1. The number of nitrogens with zero attached hydrogens (tertiary/aromatic N) is 1. The number of nitro groups is 1. The smallest absolute Gasteiger partial charge is 0.286 e. The Morgan fingerprint density at radius 3 is 2.74 bits per heavy atom. The quantitative estimate of drug-likeness (QED) is 0.361. The number of aromatic nitrogens is 1. The number of nitrogens with one attached hydrogen (secondary N) is 3. The fourth-order valence-electron chi connectivity index (χ4n) is 1.54. The Kier molecular flexibility index (Phi) is 3.29. The maximum Gasteiger partial charge on any atom is 0.286 e. The normalized spacial score (nSPS) is 10.1. The number of rotatable bonds is 2. The van der Waals surface area contributed by atoms with Gasteiger partial charge in [0.15, 0.2) is 5.11 Å². The zero-order chi connectivity index (χ0) is 14.0. The first kappa shape index (κ1) is 12.8. The van der Waals surface area contributed by atoms with Crippen molar-refractivity contribution in [3.8, 4) is 0 Å². The maximum atomic E-state index is 11.7. The lowest BCUT2D eigenvalue weighted by atomic mass is 10.2. The average Bonchev–Trinajstić information content (AvgIpc) is 2.78. The molecular formula is C10H9N5O3S. The number of carbonyl (C=O) groups excluding carboxylic acids is 1. The molecule has 9 heteroatoms. The van der Waals surface area contributed by atoms with Crippen LogP contribution >= 0.6 is 12.2 Å². The van der Waals surface area contributed by atoms with Gasteiger partial charge in [0.05, 0.1) is 10.4 Å². The number of aromatic amines is 1. The third-order valence-electron chi connectivity index (χ3n) is 2.36. The number of amides is 1. The van der Waals surface area contributed by atoms with Crippen LogP contribution in [0, 0.1) is 10.1 Å². The molecule has 0 radical (unpaired) electrons. The maximum absolute atomic E-state index is 11.7. The Balaban J connectivity index is 2.28. The Bertz CT molecular complexity index is 681. The SMILES string of the molecule is NC(=S)NNC(=O)c1cc2ccc([N+](=O)[O-])cc2[nH]1. The molecule has 98 valence electrons. The zero-order valence-corrected chi connectivity index (χ0v) is 10.3. The van der Waals surface area contributed by atoms with Gasteiger partial charge in [-0.1, -0.05) is 0 Å². The van der Waals surface area contributed by atoms with Gasteiger partial charge in [0.2, 0.25) is 0 Å². The third-order valence-corrected chi connectivity index (χ3v) is 2.46. The summed E-state index contributed by atoms with van der Waals surface area (Å²) in [6.45, 7) is 0. The minimum atomic E-state index is -0.506. The van der Waals surface area contributed by atoms with E-state index in [0.29, 0.717) is 10.9 Å². The van der Waals surface area contributed by atoms with E-state index in [0.717, 1.165) is 0 Å². The second-order valence-electron chi connectivity index (χ2n) is 3.66. The van der Waals surface area contributed by atoms with Crippen LogP contribution in [0.3, 0.4) is 0 Å². The molecule has 19 heavy (non-hydrogen) atoms. The first-order valence-electron chi connectivity index (χ1n) is 5.10. The minimum absolute atomic E-state index is 0.0532. The van der Waals surface area contributed by atoms with Crippen LogP contribution in [0.5, 0.6) is 0 Å². The van der Waals surface area contributed by atoms with Crippen molar-refractivity contribution in [2.45, 2.75) is 0 Å². The lowest BCUT2D eigenvalue weighted by molar-refractivity contribution is -0.384. The molecule has 0 fully saturated rings. The summed E-state index contributed by atoms with van der Waals surface area (Å²) in [4.78, 5) is 24.6. The van der Waals surface area contributed by atoms with Crippen molar-refractivity contribution in [3.05, 3.63) is 40.1 Å². The van der Waals surface area contributed by atoms with E-state index >= 15 is 0 Å². The largest absolute Gasteiger partial charge is 0.375 e. The van der Waals surface area contributed by atoms with Gasteiger partial charge < -0.3 is 10.7 Å². The van der Waals surface area contributed by atoms with Crippen molar-refractivity contribution in [3.63, 3.8) is 0 Å². The fraction of sp³-hybridized carbons (Fsp3) is 0. The molecule has 1 heterocycles. The van der Waals surface area contributed by atoms with Crippen LogP contribution in [0.1, 0.15) is 10.5 Å². The van der Waals surface area contributed by atoms with Crippen molar-refractivity contribution in [1.82, 2.24) is 15.8 Å². The van der Waals surface area contributed by atoms with Gasteiger partial charge >= 0.3 is 0 Å². The van der Waals surface area contributed by atoms with Gasteiger partial charge in [-0.2, -0.15) is 0 Å². The standard InChI is InChI=1S/C10H9N5O3S/c11-10(19)14-13-9(16)8-3-5-1-2-6(15(17)18)4-7(5)12-8/h1-4,12H,(H,13,16)(H3,11,14,19). The van der Waals surface area contributed by atoms with Crippen LogP contribution < -0.4 is 16.6 Å². The van der Waals surface area contributed by atoms with Crippen molar-refractivity contribution >= 4 is 39.8 Å². The van der Waals surface area contributed by atoms with Crippen LogP contribution in [0.25, 0.3) is 10.9 Å². The van der Waals surface area contributed by atoms with E-state index in [9.17, 15) is 14.9 Å². The molecule has 0 spiro atoms. The van der Waals surface area contributed by atoms with Gasteiger partial charge in [0.1, 0.15) is 5.69 Å². The van der Waals surface area contributed by atoms with Gasteiger partial charge in [-0.25, -0.2) is 0 Å². The molecule has 0 saturated carbocycles. The first-order chi connectivity index (χ1) is 8.97. The van der Waals surface area contributed by atoms with Gasteiger partial charge in [-0.3, -0.25) is 25.8 Å². The molecule has 0 bridgehead atoms. The number of hydrazine groups is 1. The lowest BCUT2D eigenvalue weighted by Crippen LogP contribution is -2.44. The van der Waals surface area contributed by atoms with Crippen molar-refractivity contribution in [2.75, 3.05) is 0 Å². The molecule has 0 aliphatic rings. The Morgan fingerprint density at radius 1 is 1.37 bits per heavy atom. The summed E-state index contributed by atoms with van der Waals surface area (Å²) >= 11 is 4.54. The van der Waals surface area contributed by atoms with E-state index in [1.807, 2.05) is 0 Å². The Hall–Kier alpha value is -2.68. The van der Waals surface area contributed by atoms with E-state index in [1.54, 1.807) is 12.1 Å². The number of nitro benzene ring substituents is 1. The minimum Gasteiger partial charge on any atom is -0.375 e. The van der Waals surface area contributed by atoms with Crippen LogP contribution in [0.4, 0.5) is 5.69 Å². The molecule has 2 rings (SSSR count). The molecular weight excluding hydrogens is 270 g/mol. The third kappa shape index (κ3) is 2.77. The molecule has 0 unspecified atom stereocenters. The predicted molar refractivity (Wildman–Crippen MR) is 72.3 cm³/mol. The fourth-order valence-corrected chi connectivity index (χ4v) is 1.59. The van der Waals surface area contributed by atoms with Crippen molar-refractivity contribution in [1.29, 1.82) is 0 Å². The number of thiocarbonyl (C=S) groups is 1. The summed E-state index contributed by atoms with van der Waals surface area (Å²) in [5.74, 6) is -0.480. The molecule has 1 aromatic carbocycles. The number of nitrogens with two attached hydrogens (primary N) is 1. The molecule has 5 N–H and O–H groups in total. The number of hydrogen-bond donors (Lipinski definition) is 4. The number of hydrogen-bond acceptors (Lipinski definition) is 4. The Morgan fingerprint density at radius 2 is 2.11 bits per heavy atom. The summed E-state index contributed by atoms with van der Waals surface area (Å²) in [6.07, 6.45) is 0. The van der Waals surface area contributed by atoms with Crippen molar-refractivity contribution < 1.29 is 9.72 Å². The highest BCUT2D eigenvalue weighted by Gasteiger charge is 2.12. The highest BCUT2D eigenvalue weighted by molar-refractivity contribution is 7.80. The summed E-state index contributed by atoms with van der Waals surface area (Å²) < 4.78 is 0. The van der Waals surface area contributed by atoms with Crippen molar-refractivity contribution in [2.24, 2.45) is 5.73 Å². The topological polar surface area (TPSA) is 126 Å². The number of carbonyl (C=O) groups is 1. The number of non-ortho nitro benzene ring substituents is 1. The molecule has 8 nitrogen and oxygen atoms in total. The summed E-state index contributed by atoms with van der Waals surface area (Å²) in [7, 11) is 0. The van der Waals surface area contributed by atoms with Crippen LogP contribution in [0.15, 0.2) is 24.3 Å². The van der Waals surface area contributed by atoms with E-state index < -0.39 is 10.8 Å². The highest BCUT2D eigenvalue weighted by Crippen LogP contribution is 2.21. The lowest BCUT2D eigenvalue weighted by Gasteiger charge is -2.03. The predicted octanol–water partition coefficient (Wildman–Crippen LogP) is 0.554. The van der Waals surface area contributed by atoms with Gasteiger partial charge in [0, 0.05) is 17.5 Å². The number of fused-ring (bicyclic) bond motifs is 1. The molecule has 0 saturated heterocycles. The average molecular weight is 279 g/mol. The second-order valence-corrected chi connectivity index (χ2v) is 4.09. The summed E-state index contributed by atoms with van der Waals surface area (Å²) in [6, 6.07) is 5.84. The number of H-pyrrole nitrogens is 1. The van der Waals surface area contributed by atoms with Gasteiger partial charge in [-0.05, 0) is 24.4 Å². The van der Waals surface area contributed by atoms with Crippen LogP contribution in [0.2, 0.25) is 0 Å². The molecule has 2 aromatic rings. The molecule has 0 aliphatic carbocycles. The van der Waals surface area contributed by atoms with Gasteiger partial charge in [0.25, 0.3) is 11.6 Å². The van der Waals surface area contributed by atoms with E-state index in [4.69, 9.17) is 5.73 Å². The highest BCUT2D eigenvalue weighted by atomic mass is 32.1. The molecule has 1 amide bonds. The zero-order valence-electron chi connectivity index (χ0n) is 9.47. The molecule has 0 atom stereocenters. The summed E-state index contributed by atoms with van der Waals surface area (Å²) in [5, 5.41) is 11.3. The summed E-state index contributed by atoms with van der Waals surface area (Å²) in [5.41, 5.74) is 10.4. The van der Waals surface area contributed by atoms with E-state index in [2.05, 4.69) is 28.1 Å². The monoisotopic (exact) mass is 279 g/mol. The molecule has 0 aliphatic heterocycles. The Labute approximate surface area is 112 Å². The van der Waals surface area contributed by atoms with Gasteiger partial charge in [-0.15, -0.1) is 0 Å². The van der Waals surface area contributed by atoms with Crippen LogP contribution in [-0.4, -0.2) is 20.9 Å². The van der Waals surface area contributed by atoms with E-state index in [-0.39, 0.29) is 16.5 Å². The molecule has 1 aromatic heterocycles. The first-order valence-corrected chi connectivity index (χ1v) is 5.51.